The van der Waals surface area contributed by atoms with Gasteiger partial charge in [-0.1, -0.05) is 92.2 Å². The molecule has 2 heteroatoms. The van der Waals surface area contributed by atoms with Crippen molar-refractivity contribution in [2.75, 3.05) is 13.1 Å². The monoisotopic (exact) mass is 431 g/mol. The highest BCUT2D eigenvalue weighted by atomic mass is 35.5. The van der Waals surface area contributed by atoms with Crippen LogP contribution in [0.2, 0.25) is 5.02 Å². The summed E-state index contributed by atoms with van der Waals surface area (Å²) in [6.45, 7) is 12.1. The fraction of sp³-hybridized carbons (Fsp3) is 0.310. The topological polar surface area (TPSA) is 3.24 Å². The summed E-state index contributed by atoms with van der Waals surface area (Å²) in [6, 6.07) is 21.4. The van der Waals surface area contributed by atoms with Crippen LogP contribution in [0.25, 0.3) is 23.3 Å². The predicted octanol–water partition coefficient (Wildman–Crippen LogP) is 8.42. The van der Waals surface area contributed by atoms with Gasteiger partial charge < -0.3 is 0 Å². The van der Waals surface area contributed by atoms with E-state index in [-0.39, 0.29) is 0 Å². The summed E-state index contributed by atoms with van der Waals surface area (Å²) in [6.07, 6.45) is 6.68. The molecule has 3 aromatic rings. The quantitative estimate of drug-likeness (QED) is 0.307. The first-order valence-electron chi connectivity index (χ1n) is 11.4. The van der Waals surface area contributed by atoms with Crippen molar-refractivity contribution >= 4 is 23.8 Å². The van der Waals surface area contributed by atoms with Crippen molar-refractivity contribution < 1.29 is 0 Å². The second-order valence-corrected chi connectivity index (χ2v) is 8.70. The van der Waals surface area contributed by atoms with Gasteiger partial charge in [0.1, 0.15) is 0 Å². The molecule has 0 aliphatic rings. The molecule has 31 heavy (non-hydrogen) atoms. The first-order chi connectivity index (χ1) is 15.0. The van der Waals surface area contributed by atoms with Crippen LogP contribution in [-0.2, 0) is 6.54 Å². The van der Waals surface area contributed by atoms with Crippen LogP contribution in [-0.4, -0.2) is 18.0 Å². The van der Waals surface area contributed by atoms with Gasteiger partial charge in [-0.3, -0.25) is 4.90 Å². The number of aryl methyl sites for hydroxylation is 1. The summed E-state index contributed by atoms with van der Waals surface area (Å²) < 4.78 is 0. The summed E-state index contributed by atoms with van der Waals surface area (Å²) in [7, 11) is 0. The predicted molar refractivity (Wildman–Crippen MR) is 138 cm³/mol. The second kappa shape index (κ2) is 11.3. The maximum atomic E-state index is 6.70. The highest BCUT2D eigenvalue weighted by molar-refractivity contribution is 6.32. The Morgan fingerprint density at radius 3 is 2.16 bits per heavy atom. The van der Waals surface area contributed by atoms with Gasteiger partial charge in [-0.25, -0.2) is 0 Å². The standard InChI is InChI=1S/C29H34ClN/c1-5-17-31(18-6-2)21-27-20-29(30)26(19-22(27)3)16-15-24-13-10-14-28(23(24)4)25-11-8-7-9-12-25/h7-16,19-20H,5-6,17-18,21H2,1-4H3/b16-15+. The number of halogens is 1. The van der Waals surface area contributed by atoms with Crippen molar-refractivity contribution in [3.63, 3.8) is 0 Å². The minimum Gasteiger partial charge on any atom is -0.299 e. The van der Waals surface area contributed by atoms with Gasteiger partial charge in [0.25, 0.3) is 0 Å². The SMILES string of the molecule is CCCN(CCC)Cc1cc(Cl)c(/C=C/c2cccc(-c3ccccc3)c2C)cc1C. The lowest BCUT2D eigenvalue weighted by Gasteiger charge is -2.22. The second-order valence-electron chi connectivity index (χ2n) is 8.30. The zero-order valence-corrected chi connectivity index (χ0v) is 20.0. The van der Waals surface area contributed by atoms with Gasteiger partial charge in [-0.05, 0) is 84.8 Å². The molecule has 1 nitrogen and oxygen atoms in total. The third kappa shape index (κ3) is 6.09. The molecular weight excluding hydrogens is 398 g/mol. The Kier molecular flexibility index (Phi) is 8.51. The lowest BCUT2D eigenvalue weighted by Crippen LogP contribution is -2.25. The van der Waals surface area contributed by atoms with Gasteiger partial charge in [0.05, 0.1) is 0 Å². The van der Waals surface area contributed by atoms with E-state index in [9.17, 15) is 0 Å². The van der Waals surface area contributed by atoms with Crippen molar-refractivity contribution in [3.05, 3.63) is 93.5 Å². The summed E-state index contributed by atoms with van der Waals surface area (Å²) in [5, 5.41) is 0.821. The van der Waals surface area contributed by atoms with Gasteiger partial charge >= 0.3 is 0 Å². The average Bonchev–Trinajstić information content (AvgIpc) is 2.77. The molecule has 0 saturated carbocycles. The first-order valence-corrected chi connectivity index (χ1v) is 11.8. The zero-order valence-electron chi connectivity index (χ0n) is 19.3. The van der Waals surface area contributed by atoms with Gasteiger partial charge in [-0.15, -0.1) is 0 Å². The Balaban J connectivity index is 1.84. The summed E-state index contributed by atoms with van der Waals surface area (Å²) in [5.41, 5.74) is 8.72. The van der Waals surface area contributed by atoms with Crippen molar-refractivity contribution in [1.82, 2.24) is 4.90 Å². The van der Waals surface area contributed by atoms with E-state index in [0.29, 0.717) is 0 Å². The number of rotatable bonds is 9. The van der Waals surface area contributed by atoms with Crippen LogP contribution >= 0.6 is 11.6 Å². The van der Waals surface area contributed by atoms with Crippen molar-refractivity contribution in [3.8, 4) is 11.1 Å². The molecule has 0 aliphatic heterocycles. The van der Waals surface area contributed by atoms with Crippen molar-refractivity contribution in [2.24, 2.45) is 0 Å². The highest BCUT2D eigenvalue weighted by Gasteiger charge is 2.10. The van der Waals surface area contributed by atoms with E-state index in [0.717, 1.165) is 30.2 Å². The number of benzene rings is 3. The average molecular weight is 432 g/mol. The summed E-state index contributed by atoms with van der Waals surface area (Å²) in [5.74, 6) is 0. The normalized spacial score (nSPS) is 11.5. The van der Waals surface area contributed by atoms with E-state index in [1.165, 1.54) is 46.2 Å². The summed E-state index contributed by atoms with van der Waals surface area (Å²) in [4.78, 5) is 2.52. The molecular formula is C29H34ClN. The van der Waals surface area contributed by atoms with Gasteiger partial charge in [0, 0.05) is 11.6 Å². The Bertz CT molecular complexity index is 1010. The van der Waals surface area contributed by atoms with E-state index >= 15 is 0 Å². The lowest BCUT2D eigenvalue weighted by atomic mass is 9.96. The molecule has 3 aromatic carbocycles. The summed E-state index contributed by atoms with van der Waals surface area (Å²) >= 11 is 6.70. The molecule has 0 radical (unpaired) electrons. The van der Waals surface area contributed by atoms with Gasteiger partial charge in [-0.2, -0.15) is 0 Å². The molecule has 0 N–H and O–H groups in total. The number of hydrogen-bond donors (Lipinski definition) is 0. The maximum Gasteiger partial charge on any atom is 0.0481 e. The number of nitrogens with zero attached hydrogens (tertiary/aromatic N) is 1. The molecule has 0 saturated heterocycles. The van der Waals surface area contributed by atoms with E-state index in [2.05, 4.69) is 105 Å². The molecule has 3 rings (SSSR count). The Hall–Kier alpha value is -2.35. The van der Waals surface area contributed by atoms with Crippen LogP contribution in [0, 0.1) is 13.8 Å². The van der Waals surface area contributed by atoms with E-state index in [1.807, 2.05) is 0 Å². The van der Waals surface area contributed by atoms with E-state index in [1.54, 1.807) is 0 Å². The fourth-order valence-corrected chi connectivity index (χ4v) is 4.38. The van der Waals surface area contributed by atoms with Gasteiger partial charge in [0.15, 0.2) is 0 Å². The van der Waals surface area contributed by atoms with Crippen molar-refractivity contribution in [1.29, 1.82) is 0 Å². The van der Waals surface area contributed by atoms with Crippen molar-refractivity contribution in [2.45, 2.75) is 47.1 Å². The van der Waals surface area contributed by atoms with Gasteiger partial charge in [0.2, 0.25) is 0 Å². The van der Waals surface area contributed by atoms with Crippen LogP contribution in [0.1, 0.15) is 54.5 Å². The third-order valence-electron chi connectivity index (χ3n) is 5.83. The molecule has 0 unspecified atom stereocenters. The smallest absolute Gasteiger partial charge is 0.0481 e. The highest BCUT2D eigenvalue weighted by Crippen LogP contribution is 2.28. The Morgan fingerprint density at radius 2 is 1.48 bits per heavy atom. The lowest BCUT2D eigenvalue weighted by molar-refractivity contribution is 0.266. The van der Waals surface area contributed by atoms with Crippen LogP contribution in [0.15, 0.2) is 60.7 Å². The third-order valence-corrected chi connectivity index (χ3v) is 6.16. The Labute approximate surface area is 193 Å². The molecule has 0 bridgehead atoms. The minimum atomic E-state index is 0.821. The van der Waals surface area contributed by atoms with Crippen LogP contribution in [0.4, 0.5) is 0 Å². The molecule has 162 valence electrons. The van der Waals surface area contributed by atoms with Crippen LogP contribution in [0.3, 0.4) is 0 Å². The number of hydrogen-bond acceptors (Lipinski definition) is 1. The van der Waals surface area contributed by atoms with Crippen LogP contribution in [0.5, 0.6) is 0 Å². The minimum absolute atomic E-state index is 0.821. The molecule has 0 aliphatic carbocycles. The first kappa shape index (κ1) is 23.3. The molecule has 0 aromatic heterocycles. The van der Waals surface area contributed by atoms with Crippen LogP contribution < -0.4 is 0 Å². The maximum absolute atomic E-state index is 6.70. The fourth-order valence-electron chi connectivity index (χ4n) is 4.13. The molecule has 0 spiro atoms. The van der Waals surface area contributed by atoms with E-state index in [4.69, 9.17) is 11.6 Å². The molecule has 0 fully saturated rings. The Morgan fingerprint density at radius 1 is 0.806 bits per heavy atom. The molecule has 0 heterocycles. The molecule has 0 amide bonds. The van der Waals surface area contributed by atoms with E-state index < -0.39 is 0 Å². The zero-order chi connectivity index (χ0) is 22.2. The molecule has 0 atom stereocenters. The largest absolute Gasteiger partial charge is 0.299 e.